The second kappa shape index (κ2) is 6.17. The highest BCUT2D eigenvalue weighted by molar-refractivity contribution is 5.00. The Hall–Kier alpha value is -0.870. The van der Waals surface area contributed by atoms with Crippen LogP contribution in [0.15, 0.2) is 12.3 Å². The molecule has 0 radical (unpaired) electrons. The molecule has 17 heavy (non-hydrogen) atoms. The van der Waals surface area contributed by atoms with Gasteiger partial charge in [-0.1, -0.05) is 6.92 Å². The van der Waals surface area contributed by atoms with Gasteiger partial charge >= 0.3 is 0 Å². The summed E-state index contributed by atoms with van der Waals surface area (Å²) in [6, 6.07) is 2.69. The lowest BCUT2D eigenvalue weighted by molar-refractivity contribution is 0.175. The molecule has 0 bridgehead atoms. The minimum atomic E-state index is 0.581. The number of nitrogens with zero attached hydrogens (tertiary/aromatic N) is 2. The Labute approximate surface area is 103 Å². The average Bonchev–Trinajstić information content (AvgIpc) is 2.96. The van der Waals surface area contributed by atoms with Gasteiger partial charge < -0.3 is 10.1 Å². The second-order valence-electron chi connectivity index (χ2n) is 4.77. The van der Waals surface area contributed by atoms with E-state index in [2.05, 4.69) is 23.4 Å². The quantitative estimate of drug-likeness (QED) is 0.812. The first-order valence-corrected chi connectivity index (χ1v) is 6.59. The topological polar surface area (TPSA) is 39.1 Å². The number of aromatic nitrogens is 2. The molecule has 2 atom stereocenters. The van der Waals surface area contributed by atoms with Crippen LogP contribution in [0.25, 0.3) is 0 Å². The van der Waals surface area contributed by atoms with E-state index in [-0.39, 0.29) is 0 Å². The lowest BCUT2D eigenvalue weighted by Crippen LogP contribution is -2.37. The molecule has 2 heterocycles. The molecule has 2 rings (SSSR count). The molecule has 0 amide bonds. The summed E-state index contributed by atoms with van der Waals surface area (Å²) in [5, 5.41) is 7.81. The predicted octanol–water partition coefficient (Wildman–Crippen LogP) is 1.37. The maximum atomic E-state index is 5.49. The van der Waals surface area contributed by atoms with E-state index in [0.717, 1.165) is 26.2 Å². The molecule has 4 heteroatoms. The molecule has 1 saturated heterocycles. The molecule has 1 aliphatic heterocycles. The Kier molecular flexibility index (Phi) is 4.57. The number of aryl methyl sites for hydroxylation is 2. The van der Waals surface area contributed by atoms with Crippen LogP contribution in [0, 0.1) is 5.92 Å². The minimum absolute atomic E-state index is 0.581. The molecule has 96 valence electrons. The van der Waals surface area contributed by atoms with Crippen LogP contribution in [0.5, 0.6) is 0 Å². The van der Waals surface area contributed by atoms with Crippen molar-refractivity contribution < 1.29 is 4.74 Å². The van der Waals surface area contributed by atoms with Gasteiger partial charge in [0.1, 0.15) is 0 Å². The van der Waals surface area contributed by atoms with Gasteiger partial charge in [0.2, 0.25) is 0 Å². The SMILES string of the molecule is CCNC(CCc1ccnn1C)C1CCOC1. The highest BCUT2D eigenvalue weighted by Crippen LogP contribution is 2.20. The van der Waals surface area contributed by atoms with Gasteiger partial charge in [-0.3, -0.25) is 4.68 Å². The Morgan fingerprint density at radius 3 is 3.12 bits per heavy atom. The maximum Gasteiger partial charge on any atom is 0.0510 e. The van der Waals surface area contributed by atoms with Crippen molar-refractivity contribution in [3.05, 3.63) is 18.0 Å². The Morgan fingerprint density at radius 2 is 2.53 bits per heavy atom. The molecule has 4 nitrogen and oxygen atoms in total. The third kappa shape index (κ3) is 3.30. The zero-order chi connectivity index (χ0) is 12.1. The summed E-state index contributed by atoms with van der Waals surface area (Å²) in [4.78, 5) is 0. The molecule has 2 unspecified atom stereocenters. The van der Waals surface area contributed by atoms with Crippen LogP contribution in [-0.4, -0.2) is 35.6 Å². The van der Waals surface area contributed by atoms with E-state index in [1.807, 2.05) is 17.9 Å². The fourth-order valence-corrected chi connectivity index (χ4v) is 2.59. The van der Waals surface area contributed by atoms with Crippen molar-refractivity contribution in [3.8, 4) is 0 Å². The van der Waals surface area contributed by atoms with E-state index in [4.69, 9.17) is 4.74 Å². The van der Waals surface area contributed by atoms with Crippen molar-refractivity contribution in [2.75, 3.05) is 19.8 Å². The van der Waals surface area contributed by atoms with Gasteiger partial charge in [-0.05, 0) is 37.8 Å². The summed E-state index contributed by atoms with van der Waals surface area (Å²) in [6.45, 7) is 5.06. The van der Waals surface area contributed by atoms with Crippen LogP contribution in [-0.2, 0) is 18.2 Å². The molecular weight excluding hydrogens is 214 g/mol. The van der Waals surface area contributed by atoms with Crippen LogP contribution in [0.1, 0.15) is 25.5 Å². The van der Waals surface area contributed by atoms with Gasteiger partial charge in [0.25, 0.3) is 0 Å². The molecule has 1 aromatic heterocycles. The van der Waals surface area contributed by atoms with E-state index >= 15 is 0 Å². The fourth-order valence-electron chi connectivity index (χ4n) is 2.59. The van der Waals surface area contributed by atoms with E-state index in [1.54, 1.807) is 0 Å². The number of hydrogen-bond acceptors (Lipinski definition) is 3. The number of hydrogen-bond donors (Lipinski definition) is 1. The van der Waals surface area contributed by atoms with Crippen LogP contribution in [0.2, 0.25) is 0 Å². The lowest BCUT2D eigenvalue weighted by Gasteiger charge is -2.23. The highest BCUT2D eigenvalue weighted by atomic mass is 16.5. The van der Waals surface area contributed by atoms with Crippen LogP contribution in [0.3, 0.4) is 0 Å². The molecule has 0 aromatic carbocycles. The van der Waals surface area contributed by atoms with Gasteiger partial charge in [0.15, 0.2) is 0 Å². The van der Waals surface area contributed by atoms with E-state index in [0.29, 0.717) is 12.0 Å². The fraction of sp³-hybridized carbons (Fsp3) is 0.769. The van der Waals surface area contributed by atoms with Gasteiger partial charge in [0.05, 0.1) is 6.61 Å². The van der Waals surface area contributed by atoms with Gasteiger partial charge in [-0.25, -0.2) is 0 Å². The summed E-state index contributed by atoms with van der Waals surface area (Å²) in [6.07, 6.45) is 5.32. The summed E-state index contributed by atoms with van der Waals surface area (Å²) < 4.78 is 7.45. The van der Waals surface area contributed by atoms with Crippen molar-refractivity contribution >= 4 is 0 Å². The normalized spacial score (nSPS) is 21.9. The summed E-state index contributed by atoms with van der Waals surface area (Å²) >= 11 is 0. The van der Waals surface area contributed by atoms with Crippen molar-refractivity contribution in [1.82, 2.24) is 15.1 Å². The van der Waals surface area contributed by atoms with Crippen molar-refractivity contribution in [3.63, 3.8) is 0 Å². The molecule has 0 spiro atoms. The summed E-state index contributed by atoms with van der Waals surface area (Å²) in [5.41, 5.74) is 1.31. The van der Waals surface area contributed by atoms with Crippen molar-refractivity contribution in [2.24, 2.45) is 13.0 Å². The van der Waals surface area contributed by atoms with Crippen molar-refractivity contribution in [2.45, 2.75) is 32.2 Å². The molecule has 0 saturated carbocycles. The van der Waals surface area contributed by atoms with Gasteiger partial charge in [-0.2, -0.15) is 5.10 Å². The summed E-state index contributed by atoms with van der Waals surface area (Å²) in [5.74, 6) is 0.683. The molecule has 0 aliphatic carbocycles. The molecule has 1 fully saturated rings. The number of ether oxygens (including phenoxy) is 1. The standard InChI is InChI=1S/C13H23N3O/c1-3-14-13(11-7-9-17-10-11)5-4-12-6-8-15-16(12)2/h6,8,11,13-14H,3-5,7,9-10H2,1-2H3. The van der Waals surface area contributed by atoms with Gasteiger partial charge in [0, 0.05) is 31.6 Å². The molecule has 1 N–H and O–H groups in total. The minimum Gasteiger partial charge on any atom is -0.381 e. The molecule has 1 aromatic rings. The lowest BCUT2D eigenvalue weighted by atomic mass is 9.94. The number of rotatable bonds is 6. The first-order chi connectivity index (χ1) is 8.31. The maximum absolute atomic E-state index is 5.49. The first kappa shape index (κ1) is 12.6. The van der Waals surface area contributed by atoms with E-state index < -0.39 is 0 Å². The number of nitrogens with one attached hydrogen (secondary N) is 1. The zero-order valence-electron chi connectivity index (χ0n) is 10.9. The second-order valence-corrected chi connectivity index (χ2v) is 4.77. The Bertz CT molecular complexity index is 331. The monoisotopic (exact) mass is 237 g/mol. The summed E-state index contributed by atoms with van der Waals surface area (Å²) in [7, 11) is 2.01. The zero-order valence-corrected chi connectivity index (χ0v) is 10.9. The van der Waals surface area contributed by atoms with E-state index in [1.165, 1.54) is 18.5 Å². The highest BCUT2D eigenvalue weighted by Gasteiger charge is 2.24. The third-order valence-corrected chi connectivity index (χ3v) is 3.63. The van der Waals surface area contributed by atoms with Gasteiger partial charge in [-0.15, -0.1) is 0 Å². The van der Waals surface area contributed by atoms with Crippen LogP contribution < -0.4 is 5.32 Å². The average molecular weight is 237 g/mol. The Morgan fingerprint density at radius 1 is 1.65 bits per heavy atom. The third-order valence-electron chi connectivity index (χ3n) is 3.63. The van der Waals surface area contributed by atoms with Crippen LogP contribution in [0.4, 0.5) is 0 Å². The van der Waals surface area contributed by atoms with Crippen LogP contribution >= 0.6 is 0 Å². The largest absolute Gasteiger partial charge is 0.381 e. The smallest absolute Gasteiger partial charge is 0.0510 e. The van der Waals surface area contributed by atoms with E-state index in [9.17, 15) is 0 Å². The first-order valence-electron chi connectivity index (χ1n) is 6.59. The Balaban J connectivity index is 1.86. The van der Waals surface area contributed by atoms with Crippen molar-refractivity contribution in [1.29, 1.82) is 0 Å². The molecule has 1 aliphatic rings. The predicted molar refractivity (Wildman–Crippen MR) is 67.9 cm³/mol. The molecular formula is C13H23N3O.